The zero-order chi connectivity index (χ0) is 21.1. The van der Waals surface area contributed by atoms with Crippen molar-refractivity contribution in [3.05, 3.63) is 59.7 Å². The average Bonchev–Trinajstić information content (AvgIpc) is 3.34. The number of hydrogen-bond donors (Lipinski definition) is 3. The molecule has 8 heteroatoms. The molecule has 0 radical (unpaired) electrons. The summed E-state index contributed by atoms with van der Waals surface area (Å²) < 4.78 is 10.5. The lowest BCUT2D eigenvalue weighted by Crippen LogP contribution is -2.57. The summed E-state index contributed by atoms with van der Waals surface area (Å²) in [4.78, 5) is 35.7. The Labute approximate surface area is 173 Å². The number of carbonyl (C=O) groups excluding carboxylic acids is 2. The van der Waals surface area contributed by atoms with Crippen molar-refractivity contribution in [3.63, 3.8) is 0 Å². The van der Waals surface area contributed by atoms with Crippen LogP contribution in [0.2, 0.25) is 0 Å². The molecule has 1 aliphatic carbocycles. The lowest BCUT2D eigenvalue weighted by Gasteiger charge is -2.23. The van der Waals surface area contributed by atoms with Crippen LogP contribution in [0.3, 0.4) is 0 Å². The monoisotopic (exact) mass is 410 g/mol. The molecule has 0 saturated carbocycles. The van der Waals surface area contributed by atoms with Gasteiger partial charge in [-0.25, -0.2) is 9.59 Å². The molecule has 2 amide bonds. The first-order chi connectivity index (χ1) is 14.5. The smallest absolute Gasteiger partial charge is 0.407 e. The standard InChI is InChI=1S/C22H22N2O6/c25-19(24-22(20(26)27)9-10-29-13-22)11-23-21(28)30-12-18-16-7-3-1-5-14(16)15-6-2-4-8-17(15)18/h1-8,18H,9-13H2,(H,23,28)(H,24,25)(H,26,27). The maximum absolute atomic E-state index is 12.1. The van der Waals surface area contributed by atoms with Gasteiger partial charge in [-0.05, 0) is 22.3 Å². The van der Waals surface area contributed by atoms with Crippen molar-refractivity contribution in [2.24, 2.45) is 0 Å². The normalized spacial score (nSPS) is 19.6. The van der Waals surface area contributed by atoms with Gasteiger partial charge in [0.2, 0.25) is 5.91 Å². The summed E-state index contributed by atoms with van der Waals surface area (Å²) in [7, 11) is 0. The number of carboxylic acid groups (broad SMARTS) is 1. The molecule has 3 N–H and O–H groups in total. The molecule has 1 unspecified atom stereocenters. The number of benzene rings is 2. The van der Waals surface area contributed by atoms with E-state index in [0.29, 0.717) is 0 Å². The summed E-state index contributed by atoms with van der Waals surface area (Å²) in [6.07, 6.45) is -0.557. The van der Waals surface area contributed by atoms with E-state index < -0.39 is 23.5 Å². The van der Waals surface area contributed by atoms with Gasteiger partial charge in [-0.2, -0.15) is 0 Å². The van der Waals surface area contributed by atoms with Crippen LogP contribution in [0.4, 0.5) is 4.79 Å². The van der Waals surface area contributed by atoms with Crippen LogP contribution in [-0.2, 0) is 19.1 Å². The van der Waals surface area contributed by atoms with Crippen LogP contribution in [-0.4, -0.2) is 55.0 Å². The number of rotatable bonds is 6. The summed E-state index contributed by atoms with van der Waals surface area (Å²) in [6.45, 7) is -0.0918. The van der Waals surface area contributed by atoms with Gasteiger partial charge in [-0.15, -0.1) is 0 Å². The molecule has 4 rings (SSSR count). The third kappa shape index (κ3) is 3.73. The predicted molar refractivity (Wildman–Crippen MR) is 107 cm³/mol. The van der Waals surface area contributed by atoms with Gasteiger partial charge >= 0.3 is 12.1 Å². The summed E-state index contributed by atoms with van der Waals surface area (Å²) in [5.41, 5.74) is 2.99. The summed E-state index contributed by atoms with van der Waals surface area (Å²) in [5, 5.41) is 14.2. The summed E-state index contributed by atoms with van der Waals surface area (Å²) >= 11 is 0. The number of ether oxygens (including phenoxy) is 2. The Hall–Kier alpha value is -3.39. The molecule has 2 aromatic rings. The Balaban J connectivity index is 1.32. The molecular formula is C22H22N2O6. The third-order valence-corrected chi connectivity index (χ3v) is 5.55. The zero-order valence-electron chi connectivity index (χ0n) is 16.2. The molecule has 1 aliphatic heterocycles. The number of carboxylic acids is 1. The van der Waals surface area contributed by atoms with Crippen LogP contribution in [0.1, 0.15) is 23.5 Å². The van der Waals surface area contributed by atoms with Crippen LogP contribution in [0.5, 0.6) is 0 Å². The number of fused-ring (bicyclic) bond motifs is 3. The van der Waals surface area contributed by atoms with E-state index in [9.17, 15) is 19.5 Å². The first-order valence-corrected chi connectivity index (χ1v) is 9.71. The first-order valence-electron chi connectivity index (χ1n) is 9.71. The largest absolute Gasteiger partial charge is 0.479 e. The van der Waals surface area contributed by atoms with Crippen molar-refractivity contribution in [2.45, 2.75) is 17.9 Å². The van der Waals surface area contributed by atoms with E-state index in [1.807, 2.05) is 48.5 Å². The number of carbonyl (C=O) groups is 3. The molecule has 1 heterocycles. The fourth-order valence-electron chi connectivity index (χ4n) is 4.00. The highest BCUT2D eigenvalue weighted by atomic mass is 16.5. The molecule has 1 saturated heterocycles. The Morgan fingerprint density at radius 3 is 2.27 bits per heavy atom. The highest BCUT2D eigenvalue weighted by Crippen LogP contribution is 2.44. The van der Waals surface area contributed by atoms with E-state index in [2.05, 4.69) is 10.6 Å². The Morgan fingerprint density at radius 1 is 1.07 bits per heavy atom. The van der Waals surface area contributed by atoms with Crippen LogP contribution in [0.25, 0.3) is 11.1 Å². The Morgan fingerprint density at radius 2 is 1.70 bits per heavy atom. The molecule has 1 atom stereocenters. The lowest BCUT2D eigenvalue weighted by molar-refractivity contribution is -0.147. The topological polar surface area (TPSA) is 114 Å². The van der Waals surface area contributed by atoms with Gasteiger partial charge in [0.15, 0.2) is 5.54 Å². The molecule has 0 spiro atoms. The molecule has 0 bridgehead atoms. The first kappa shape index (κ1) is 19.9. The molecule has 156 valence electrons. The van der Waals surface area contributed by atoms with E-state index >= 15 is 0 Å². The molecule has 1 fully saturated rings. The van der Waals surface area contributed by atoms with Crippen LogP contribution >= 0.6 is 0 Å². The molecule has 2 aliphatic rings. The van der Waals surface area contributed by atoms with Crippen LogP contribution < -0.4 is 10.6 Å². The maximum atomic E-state index is 12.1. The van der Waals surface area contributed by atoms with Gasteiger partial charge in [0.05, 0.1) is 6.61 Å². The van der Waals surface area contributed by atoms with E-state index in [-0.39, 0.29) is 38.7 Å². The van der Waals surface area contributed by atoms with Crippen molar-refractivity contribution in [2.75, 3.05) is 26.4 Å². The van der Waals surface area contributed by atoms with Crippen molar-refractivity contribution in [1.29, 1.82) is 0 Å². The fraction of sp³-hybridized carbons (Fsp3) is 0.318. The van der Waals surface area contributed by atoms with Gasteiger partial charge in [-0.3, -0.25) is 4.79 Å². The summed E-state index contributed by atoms with van der Waals surface area (Å²) in [5.74, 6) is -1.85. The second-order valence-electron chi connectivity index (χ2n) is 7.42. The molecule has 0 aromatic heterocycles. The molecule has 30 heavy (non-hydrogen) atoms. The van der Waals surface area contributed by atoms with Crippen LogP contribution in [0.15, 0.2) is 48.5 Å². The third-order valence-electron chi connectivity index (χ3n) is 5.55. The quantitative estimate of drug-likeness (QED) is 0.670. The highest BCUT2D eigenvalue weighted by Gasteiger charge is 2.43. The van der Waals surface area contributed by atoms with E-state index in [0.717, 1.165) is 22.3 Å². The van der Waals surface area contributed by atoms with E-state index in [1.54, 1.807) is 0 Å². The fourth-order valence-corrected chi connectivity index (χ4v) is 4.00. The van der Waals surface area contributed by atoms with Gasteiger partial charge in [-0.1, -0.05) is 48.5 Å². The lowest BCUT2D eigenvalue weighted by atomic mass is 9.98. The second kappa shape index (κ2) is 8.16. The Kier molecular flexibility index (Phi) is 5.41. The second-order valence-corrected chi connectivity index (χ2v) is 7.42. The number of alkyl carbamates (subject to hydrolysis) is 1. The van der Waals surface area contributed by atoms with Crippen molar-refractivity contribution in [1.82, 2.24) is 10.6 Å². The number of hydrogen-bond acceptors (Lipinski definition) is 5. The number of nitrogens with one attached hydrogen (secondary N) is 2. The number of amides is 2. The SMILES string of the molecule is O=C(CNC(=O)OCC1c2ccccc2-c2ccccc21)NC1(C(=O)O)CCOC1. The van der Waals surface area contributed by atoms with Gasteiger partial charge < -0.3 is 25.2 Å². The minimum absolute atomic E-state index is 0.0807. The van der Waals surface area contributed by atoms with Crippen molar-refractivity contribution >= 4 is 18.0 Å². The molecule has 8 nitrogen and oxygen atoms in total. The maximum Gasteiger partial charge on any atom is 0.407 e. The van der Waals surface area contributed by atoms with Crippen molar-refractivity contribution in [3.8, 4) is 11.1 Å². The van der Waals surface area contributed by atoms with Gasteiger partial charge in [0, 0.05) is 18.9 Å². The average molecular weight is 410 g/mol. The van der Waals surface area contributed by atoms with Crippen molar-refractivity contribution < 1.29 is 29.0 Å². The van der Waals surface area contributed by atoms with Crippen LogP contribution in [0, 0.1) is 0 Å². The minimum Gasteiger partial charge on any atom is -0.479 e. The van der Waals surface area contributed by atoms with E-state index in [4.69, 9.17) is 9.47 Å². The highest BCUT2D eigenvalue weighted by molar-refractivity contribution is 5.89. The molecule has 2 aromatic carbocycles. The van der Waals surface area contributed by atoms with Gasteiger partial charge in [0.1, 0.15) is 13.2 Å². The van der Waals surface area contributed by atoms with E-state index in [1.165, 1.54) is 0 Å². The molecular weight excluding hydrogens is 388 g/mol. The predicted octanol–water partition coefficient (Wildman–Crippen LogP) is 1.89. The minimum atomic E-state index is -1.44. The Bertz CT molecular complexity index is 938. The van der Waals surface area contributed by atoms with Gasteiger partial charge in [0.25, 0.3) is 0 Å². The zero-order valence-corrected chi connectivity index (χ0v) is 16.2. The number of aliphatic carboxylic acids is 1. The summed E-state index contributed by atoms with van der Waals surface area (Å²) in [6, 6.07) is 16.0.